The fourth-order valence-corrected chi connectivity index (χ4v) is 4.32. The maximum absolute atomic E-state index is 11.7. The highest BCUT2D eigenvalue weighted by Gasteiger charge is 2.11. The van der Waals surface area contributed by atoms with E-state index >= 15 is 0 Å². The molecule has 0 bridgehead atoms. The van der Waals surface area contributed by atoms with Gasteiger partial charge in [-0.15, -0.1) is 35.3 Å². The van der Waals surface area contributed by atoms with E-state index in [1.165, 1.54) is 6.26 Å². The van der Waals surface area contributed by atoms with Crippen LogP contribution in [0, 0.1) is 6.92 Å². The van der Waals surface area contributed by atoms with Gasteiger partial charge in [-0.1, -0.05) is 19.1 Å². The molecule has 0 aliphatic carbocycles. The lowest BCUT2D eigenvalue weighted by Gasteiger charge is -2.12. The van der Waals surface area contributed by atoms with Crippen LogP contribution in [0.5, 0.6) is 0 Å². The minimum atomic E-state index is -3.19. The highest BCUT2D eigenvalue weighted by molar-refractivity contribution is 14.0. The van der Waals surface area contributed by atoms with Crippen molar-refractivity contribution in [2.24, 2.45) is 4.99 Å². The summed E-state index contributed by atoms with van der Waals surface area (Å²) in [6.45, 7) is 5.24. The molecular weight excluding hydrogens is 495 g/mol. The molecule has 1 aromatic carbocycles. The predicted octanol–water partition coefficient (Wildman–Crippen LogP) is 2.94. The summed E-state index contributed by atoms with van der Waals surface area (Å²) in [5.41, 5.74) is 2.86. The summed E-state index contributed by atoms with van der Waals surface area (Å²) in [6.07, 6.45) is 3.04. The van der Waals surface area contributed by atoms with Crippen molar-refractivity contribution >= 4 is 51.1 Å². The first-order chi connectivity index (χ1) is 12.3. The van der Waals surface area contributed by atoms with Crippen molar-refractivity contribution in [3.8, 4) is 0 Å². The number of aliphatic imine (C=N–C) groups is 1. The Labute approximate surface area is 182 Å². The normalized spacial score (nSPS) is 11.8. The van der Waals surface area contributed by atoms with Crippen LogP contribution < -0.4 is 10.6 Å². The maximum Gasteiger partial charge on any atom is 0.191 e. The van der Waals surface area contributed by atoms with Gasteiger partial charge in [0, 0.05) is 38.2 Å². The van der Waals surface area contributed by atoms with E-state index in [2.05, 4.69) is 32.9 Å². The summed E-state index contributed by atoms with van der Waals surface area (Å²) in [5.74, 6) is 0.709. The van der Waals surface area contributed by atoms with Gasteiger partial charge < -0.3 is 10.6 Å². The van der Waals surface area contributed by atoms with Gasteiger partial charge in [-0.05, 0) is 30.5 Å². The molecule has 1 aromatic heterocycles. The van der Waals surface area contributed by atoms with Crippen molar-refractivity contribution in [1.82, 2.24) is 15.6 Å². The van der Waals surface area contributed by atoms with Crippen LogP contribution in [-0.4, -0.2) is 39.2 Å². The van der Waals surface area contributed by atoms with Crippen LogP contribution in [0.2, 0.25) is 0 Å². The Hall–Kier alpha value is -1.20. The third kappa shape index (κ3) is 7.38. The smallest absolute Gasteiger partial charge is 0.191 e. The lowest BCUT2D eigenvalue weighted by Crippen LogP contribution is -2.37. The molecule has 6 nitrogen and oxygen atoms in total. The second-order valence-corrected chi connectivity index (χ2v) is 8.99. The zero-order chi connectivity index (χ0) is 19.2. The lowest BCUT2D eigenvalue weighted by atomic mass is 10.1. The molecule has 2 rings (SSSR count). The standard InChI is InChI=1S/C18H26N4O2S2.HI/c1-5-17-22-15(12-25-17)8-9-20-18(19-3)21-11-14-6-7-16(13(2)10-14)26(4,23)24;/h6-7,10,12H,5,8-9,11H2,1-4H3,(H2,19,20,21);1H. The Morgan fingerprint density at radius 3 is 2.59 bits per heavy atom. The number of nitrogens with zero attached hydrogens (tertiary/aromatic N) is 2. The van der Waals surface area contributed by atoms with Crippen LogP contribution in [0.15, 0.2) is 33.5 Å². The SMILES string of the molecule is CCc1nc(CCNC(=NC)NCc2ccc(S(C)(=O)=O)c(C)c2)cs1.I. The van der Waals surface area contributed by atoms with E-state index < -0.39 is 9.84 Å². The van der Waals surface area contributed by atoms with E-state index in [4.69, 9.17) is 0 Å². The predicted molar refractivity (Wildman–Crippen MR) is 123 cm³/mol. The largest absolute Gasteiger partial charge is 0.356 e. The van der Waals surface area contributed by atoms with Gasteiger partial charge in [-0.2, -0.15) is 0 Å². The number of hydrogen-bond donors (Lipinski definition) is 2. The highest BCUT2D eigenvalue weighted by Crippen LogP contribution is 2.16. The van der Waals surface area contributed by atoms with E-state index in [0.717, 1.165) is 41.2 Å². The summed E-state index contributed by atoms with van der Waals surface area (Å²) < 4.78 is 23.4. The Balaban J connectivity index is 0.00000364. The van der Waals surface area contributed by atoms with Gasteiger partial charge in [-0.3, -0.25) is 4.99 Å². The second kappa shape index (κ2) is 11.0. The molecule has 0 atom stereocenters. The number of hydrogen-bond acceptors (Lipinski definition) is 5. The van der Waals surface area contributed by atoms with Crippen molar-refractivity contribution in [1.29, 1.82) is 0 Å². The van der Waals surface area contributed by atoms with Crippen LogP contribution in [0.25, 0.3) is 0 Å². The van der Waals surface area contributed by atoms with Crippen LogP contribution in [0.3, 0.4) is 0 Å². The molecule has 0 spiro atoms. The zero-order valence-corrected chi connectivity index (χ0v) is 20.0. The quantitative estimate of drug-likeness (QED) is 0.332. The van der Waals surface area contributed by atoms with E-state index in [0.29, 0.717) is 17.4 Å². The molecule has 0 saturated carbocycles. The summed E-state index contributed by atoms with van der Waals surface area (Å²) >= 11 is 1.70. The third-order valence-electron chi connectivity index (χ3n) is 3.90. The molecule has 0 unspecified atom stereocenters. The van der Waals surface area contributed by atoms with E-state index in [1.54, 1.807) is 24.5 Å². The Kier molecular flexibility index (Phi) is 9.68. The number of aryl methyl sites for hydroxylation is 2. The Bertz CT molecular complexity index is 879. The molecule has 0 amide bonds. The van der Waals surface area contributed by atoms with Gasteiger partial charge in [0.2, 0.25) is 0 Å². The second-order valence-electron chi connectivity index (χ2n) is 6.06. The maximum atomic E-state index is 11.7. The van der Waals surface area contributed by atoms with Gasteiger partial charge in [0.15, 0.2) is 15.8 Å². The topological polar surface area (TPSA) is 83.4 Å². The summed E-state index contributed by atoms with van der Waals surface area (Å²) in [4.78, 5) is 9.14. The average molecular weight is 522 g/mol. The van der Waals surface area contributed by atoms with Crippen LogP contribution >= 0.6 is 35.3 Å². The summed E-state index contributed by atoms with van der Waals surface area (Å²) in [7, 11) is -1.46. The first kappa shape index (κ1) is 23.8. The minimum Gasteiger partial charge on any atom is -0.356 e. The van der Waals surface area contributed by atoms with Crippen molar-refractivity contribution in [3.05, 3.63) is 45.4 Å². The monoisotopic (exact) mass is 522 g/mol. The van der Waals surface area contributed by atoms with Crippen molar-refractivity contribution < 1.29 is 8.42 Å². The lowest BCUT2D eigenvalue weighted by molar-refractivity contribution is 0.601. The number of rotatable bonds is 7. The molecule has 150 valence electrons. The van der Waals surface area contributed by atoms with Gasteiger partial charge in [0.25, 0.3) is 0 Å². The number of benzene rings is 1. The molecule has 9 heteroatoms. The van der Waals surface area contributed by atoms with E-state index in [-0.39, 0.29) is 24.0 Å². The fraction of sp³-hybridized carbons (Fsp3) is 0.444. The number of thiazole rings is 1. The van der Waals surface area contributed by atoms with Gasteiger partial charge in [0.05, 0.1) is 15.6 Å². The molecule has 2 aromatic rings. The van der Waals surface area contributed by atoms with Crippen LogP contribution in [0.4, 0.5) is 0 Å². The van der Waals surface area contributed by atoms with Crippen LogP contribution in [0.1, 0.15) is 28.8 Å². The molecule has 0 saturated heterocycles. The summed E-state index contributed by atoms with van der Waals surface area (Å²) in [6, 6.07) is 5.37. The average Bonchev–Trinajstić information content (AvgIpc) is 3.04. The van der Waals surface area contributed by atoms with Crippen LogP contribution in [-0.2, 0) is 29.2 Å². The molecule has 2 N–H and O–H groups in total. The minimum absolute atomic E-state index is 0. The highest BCUT2D eigenvalue weighted by atomic mass is 127. The van der Waals surface area contributed by atoms with Gasteiger partial charge in [0.1, 0.15) is 0 Å². The number of nitrogens with one attached hydrogen (secondary N) is 2. The summed E-state index contributed by atoms with van der Waals surface area (Å²) in [5, 5.41) is 9.78. The van der Waals surface area contributed by atoms with E-state index in [9.17, 15) is 8.42 Å². The number of aromatic nitrogens is 1. The third-order valence-corrected chi connectivity index (χ3v) is 6.20. The molecule has 27 heavy (non-hydrogen) atoms. The first-order valence-corrected chi connectivity index (χ1v) is 11.3. The van der Waals surface area contributed by atoms with Crippen molar-refractivity contribution in [2.75, 3.05) is 19.8 Å². The number of halogens is 1. The zero-order valence-electron chi connectivity index (χ0n) is 16.1. The van der Waals surface area contributed by atoms with Crippen molar-refractivity contribution in [3.63, 3.8) is 0 Å². The number of guanidine groups is 1. The molecule has 1 heterocycles. The van der Waals surface area contributed by atoms with E-state index in [1.807, 2.05) is 19.1 Å². The number of sulfone groups is 1. The molecule has 0 aliphatic heterocycles. The van der Waals surface area contributed by atoms with Gasteiger partial charge in [-0.25, -0.2) is 13.4 Å². The first-order valence-electron chi connectivity index (χ1n) is 8.51. The fourth-order valence-electron chi connectivity index (χ4n) is 2.58. The molecule has 0 aliphatic rings. The molecule has 0 fully saturated rings. The van der Waals surface area contributed by atoms with Gasteiger partial charge >= 0.3 is 0 Å². The molecule has 0 radical (unpaired) electrons. The van der Waals surface area contributed by atoms with Crippen molar-refractivity contribution in [2.45, 2.75) is 38.1 Å². The Morgan fingerprint density at radius 2 is 2.04 bits per heavy atom. The Morgan fingerprint density at radius 1 is 1.30 bits per heavy atom. The molecular formula is C18H27IN4O2S2.